The summed E-state index contributed by atoms with van der Waals surface area (Å²) in [5.74, 6) is 1.01. The van der Waals surface area contributed by atoms with Crippen molar-refractivity contribution >= 4 is 17.5 Å². The number of ether oxygens (including phenoxy) is 3. The Hall–Kier alpha value is -3.22. The monoisotopic (exact) mass is 358 g/mol. The molecule has 0 unspecified atom stereocenters. The maximum Gasteiger partial charge on any atom is 0.233 e. The molecule has 2 amide bonds. The lowest BCUT2D eigenvalue weighted by molar-refractivity contribution is -0.126. The maximum atomic E-state index is 12.1. The Morgan fingerprint density at radius 2 is 1.50 bits per heavy atom. The molecule has 0 aliphatic carbocycles. The van der Waals surface area contributed by atoms with Gasteiger partial charge in [-0.25, -0.2) is 0 Å². The van der Waals surface area contributed by atoms with Gasteiger partial charge in [0.05, 0.1) is 27.0 Å². The topological polar surface area (TPSA) is 85.9 Å². The van der Waals surface area contributed by atoms with Crippen LogP contribution in [-0.2, 0) is 16.1 Å². The van der Waals surface area contributed by atoms with Crippen LogP contribution in [0, 0.1) is 0 Å². The number of rotatable bonds is 8. The lowest BCUT2D eigenvalue weighted by atomic mass is 10.2. The summed E-state index contributed by atoms with van der Waals surface area (Å²) in [7, 11) is 4.62. The van der Waals surface area contributed by atoms with E-state index in [1.54, 1.807) is 32.4 Å². The van der Waals surface area contributed by atoms with Gasteiger partial charge in [0.15, 0.2) is 0 Å². The first-order valence-corrected chi connectivity index (χ1v) is 7.97. The standard InChI is InChI=1S/C19H22N2O5/c1-24-14-6-4-13(5-7-14)12-20-18(22)11-19(23)21-16-9-8-15(25-2)10-17(16)26-3/h4-10H,11-12H2,1-3H3,(H,20,22)(H,21,23). The zero-order chi connectivity index (χ0) is 18.9. The number of carbonyl (C=O) groups excluding carboxylic acids is 2. The molecule has 0 aromatic heterocycles. The van der Waals surface area contributed by atoms with E-state index in [1.807, 2.05) is 24.3 Å². The maximum absolute atomic E-state index is 12.1. The molecule has 0 bridgehead atoms. The molecule has 0 saturated heterocycles. The highest BCUT2D eigenvalue weighted by molar-refractivity contribution is 6.04. The van der Waals surface area contributed by atoms with Crippen LogP contribution in [-0.4, -0.2) is 33.1 Å². The molecule has 0 aliphatic heterocycles. The summed E-state index contributed by atoms with van der Waals surface area (Å²) in [5.41, 5.74) is 1.39. The first-order valence-electron chi connectivity index (χ1n) is 7.97. The Labute approximate surface area is 152 Å². The number of nitrogens with one attached hydrogen (secondary N) is 2. The Bertz CT molecular complexity index is 759. The van der Waals surface area contributed by atoms with E-state index in [1.165, 1.54) is 7.11 Å². The minimum absolute atomic E-state index is 0.286. The van der Waals surface area contributed by atoms with E-state index < -0.39 is 5.91 Å². The third kappa shape index (κ3) is 5.41. The number of anilines is 1. The van der Waals surface area contributed by atoms with Gasteiger partial charge in [0.1, 0.15) is 23.7 Å². The first kappa shape index (κ1) is 19.1. The molecule has 7 nitrogen and oxygen atoms in total. The molecule has 2 aromatic rings. The average Bonchev–Trinajstić information content (AvgIpc) is 2.67. The molecule has 0 spiro atoms. The Kier molecular flexibility index (Phi) is 6.84. The third-order valence-corrected chi connectivity index (χ3v) is 3.65. The van der Waals surface area contributed by atoms with Crippen LogP contribution in [0.5, 0.6) is 17.2 Å². The SMILES string of the molecule is COc1ccc(CNC(=O)CC(=O)Nc2ccc(OC)cc2OC)cc1. The number of hydrogen-bond donors (Lipinski definition) is 2. The molecule has 0 radical (unpaired) electrons. The van der Waals surface area contributed by atoms with Crippen LogP contribution in [0.25, 0.3) is 0 Å². The number of carbonyl (C=O) groups is 2. The molecule has 0 atom stereocenters. The van der Waals surface area contributed by atoms with E-state index in [4.69, 9.17) is 14.2 Å². The quantitative estimate of drug-likeness (QED) is 0.708. The van der Waals surface area contributed by atoms with Crippen molar-refractivity contribution in [2.45, 2.75) is 13.0 Å². The largest absolute Gasteiger partial charge is 0.497 e. The highest BCUT2D eigenvalue weighted by Crippen LogP contribution is 2.29. The van der Waals surface area contributed by atoms with Crippen LogP contribution in [0.3, 0.4) is 0 Å². The van der Waals surface area contributed by atoms with Crippen molar-refractivity contribution in [3.8, 4) is 17.2 Å². The molecular weight excluding hydrogens is 336 g/mol. The summed E-state index contributed by atoms with van der Waals surface area (Å²) < 4.78 is 15.4. The van der Waals surface area contributed by atoms with Crippen molar-refractivity contribution < 1.29 is 23.8 Å². The van der Waals surface area contributed by atoms with E-state index in [2.05, 4.69) is 10.6 Å². The predicted octanol–water partition coefficient (Wildman–Crippen LogP) is 2.36. The lowest BCUT2D eigenvalue weighted by Gasteiger charge is -2.11. The normalized spacial score (nSPS) is 9.96. The highest BCUT2D eigenvalue weighted by atomic mass is 16.5. The summed E-state index contributed by atoms with van der Waals surface area (Å²) in [4.78, 5) is 24.0. The van der Waals surface area contributed by atoms with Crippen LogP contribution < -0.4 is 24.8 Å². The van der Waals surface area contributed by atoms with Gasteiger partial charge in [-0.2, -0.15) is 0 Å². The predicted molar refractivity (Wildman–Crippen MR) is 97.6 cm³/mol. The lowest BCUT2D eigenvalue weighted by Crippen LogP contribution is -2.27. The fourth-order valence-corrected chi connectivity index (χ4v) is 2.25. The summed E-state index contributed by atoms with van der Waals surface area (Å²) in [6.45, 7) is 0.335. The van der Waals surface area contributed by atoms with Gasteiger partial charge in [-0.1, -0.05) is 12.1 Å². The number of methoxy groups -OCH3 is 3. The van der Waals surface area contributed by atoms with Crippen LogP contribution in [0.2, 0.25) is 0 Å². The van der Waals surface area contributed by atoms with Crippen molar-refractivity contribution in [1.29, 1.82) is 0 Å². The first-order chi connectivity index (χ1) is 12.5. The van der Waals surface area contributed by atoms with E-state index in [9.17, 15) is 9.59 Å². The van der Waals surface area contributed by atoms with Crippen LogP contribution in [0.4, 0.5) is 5.69 Å². The minimum atomic E-state index is -0.430. The molecule has 7 heteroatoms. The Balaban J connectivity index is 1.85. The van der Waals surface area contributed by atoms with Crippen molar-refractivity contribution in [3.05, 3.63) is 48.0 Å². The van der Waals surface area contributed by atoms with Crippen molar-refractivity contribution in [2.75, 3.05) is 26.6 Å². The van der Waals surface area contributed by atoms with Crippen molar-refractivity contribution in [2.24, 2.45) is 0 Å². The van der Waals surface area contributed by atoms with E-state index in [0.29, 0.717) is 23.7 Å². The van der Waals surface area contributed by atoms with E-state index in [-0.39, 0.29) is 12.3 Å². The van der Waals surface area contributed by atoms with Crippen LogP contribution in [0.1, 0.15) is 12.0 Å². The van der Waals surface area contributed by atoms with Crippen molar-refractivity contribution in [3.63, 3.8) is 0 Å². The number of amides is 2. The molecule has 26 heavy (non-hydrogen) atoms. The second-order valence-corrected chi connectivity index (χ2v) is 5.42. The molecule has 2 rings (SSSR count). The summed E-state index contributed by atoms with van der Waals surface area (Å²) in [6, 6.07) is 12.3. The molecule has 138 valence electrons. The fourth-order valence-electron chi connectivity index (χ4n) is 2.25. The third-order valence-electron chi connectivity index (χ3n) is 3.65. The van der Waals surface area contributed by atoms with Gasteiger partial charge in [-0.05, 0) is 29.8 Å². The van der Waals surface area contributed by atoms with E-state index in [0.717, 1.165) is 11.3 Å². The van der Waals surface area contributed by atoms with Gasteiger partial charge in [-0.15, -0.1) is 0 Å². The van der Waals surface area contributed by atoms with Gasteiger partial charge in [0, 0.05) is 12.6 Å². The highest BCUT2D eigenvalue weighted by Gasteiger charge is 2.12. The van der Waals surface area contributed by atoms with E-state index >= 15 is 0 Å². The molecule has 0 heterocycles. The number of hydrogen-bond acceptors (Lipinski definition) is 5. The Morgan fingerprint density at radius 3 is 2.12 bits per heavy atom. The smallest absolute Gasteiger partial charge is 0.233 e. The van der Waals surface area contributed by atoms with Gasteiger partial charge >= 0.3 is 0 Å². The molecule has 0 fully saturated rings. The van der Waals surface area contributed by atoms with Gasteiger partial charge < -0.3 is 24.8 Å². The molecular formula is C19H22N2O5. The second kappa shape index (κ2) is 9.31. The molecule has 2 N–H and O–H groups in total. The average molecular weight is 358 g/mol. The Morgan fingerprint density at radius 1 is 0.846 bits per heavy atom. The van der Waals surface area contributed by atoms with Gasteiger partial charge in [0.25, 0.3) is 0 Å². The van der Waals surface area contributed by atoms with Crippen LogP contribution in [0.15, 0.2) is 42.5 Å². The molecule has 0 saturated carbocycles. The zero-order valence-corrected chi connectivity index (χ0v) is 15.0. The summed E-state index contributed by atoms with van der Waals surface area (Å²) in [6.07, 6.45) is -0.286. The minimum Gasteiger partial charge on any atom is -0.497 e. The molecule has 0 aliphatic rings. The number of benzene rings is 2. The van der Waals surface area contributed by atoms with Crippen molar-refractivity contribution in [1.82, 2.24) is 5.32 Å². The summed E-state index contributed by atoms with van der Waals surface area (Å²) in [5, 5.41) is 5.37. The molecule has 2 aromatic carbocycles. The van der Waals surface area contributed by atoms with Crippen LogP contribution >= 0.6 is 0 Å². The fraction of sp³-hybridized carbons (Fsp3) is 0.263. The zero-order valence-electron chi connectivity index (χ0n) is 15.0. The summed E-state index contributed by atoms with van der Waals surface area (Å²) >= 11 is 0. The second-order valence-electron chi connectivity index (χ2n) is 5.42. The van der Waals surface area contributed by atoms with Gasteiger partial charge in [-0.3, -0.25) is 9.59 Å². The van der Waals surface area contributed by atoms with Gasteiger partial charge in [0.2, 0.25) is 11.8 Å².